The lowest BCUT2D eigenvalue weighted by Gasteiger charge is -2.04. The molecule has 0 bridgehead atoms. The molecule has 0 aliphatic heterocycles. The molecule has 6 heteroatoms. The minimum atomic E-state index is 0.686. The summed E-state index contributed by atoms with van der Waals surface area (Å²) in [5.41, 5.74) is 8.19. The zero-order valence-corrected chi connectivity index (χ0v) is 15.5. The van der Waals surface area contributed by atoms with E-state index in [0.717, 1.165) is 46.2 Å². The SMILES string of the molecule is C1=Cc2cc(Cc3noc4cc(Nc5n[nH]c6cccnc56)ccc34)ccc2C1. The van der Waals surface area contributed by atoms with Crippen molar-refractivity contribution in [3.63, 3.8) is 0 Å². The van der Waals surface area contributed by atoms with Crippen LogP contribution in [0.3, 0.4) is 0 Å². The first-order valence-electron chi connectivity index (χ1n) is 9.56. The van der Waals surface area contributed by atoms with Gasteiger partial charge in [-0.2, -0.15) is 5.10 Å². The van der Waals surface area contributed by atoms with Crippen LogP contribution in [0.5, 0.6) is 0 Å². The molecule has 0 saturated carbocycles. The Morgan fingerprint density at radius 3 is 3.10 bits per heavy atom. The molecule has 0 atom stereocenters. The van der Waals surface area contributed by atoms with Gasteiger partial charge in [0.2, 0.25) is 0 Å². The molecule has 1 aliphatic rings. The average Bonchev–Trinajstić information content (AvgIpc) is 3.47. The van der Waals surface area contributed by atoms with Gasteiger partial charge in [-0.15, -0.1) is 0 Å². The number of rotatable bonds is 4. The summed E-state index contributed by atoms with van der Waals surface area (Å²) in [4.78, 5) is 4.38. The zero-order valence-electron chi connectivity index (χ0n) is 15.5. The van der Waals surface area contributed by atoms with E-state index in [0.29, 0.717) is 5.82 Å². The Morgan fingerprint density at radius 1 is 1.10 bits per heavy atom. The monoisotopic (exact) mass is 379 g/mol. The van der Waals surface area contributed by atoms with Crippen molar-refractivity contribution in [3.05, 3.63) is 83.2 Å². The maximum absolute atomic E-state index is 5.61. The summed E-state index contributed by atoms with van der Waals surface area (Å²) in [6.07, 6.45) is 7.91. The second kappa shape index (κ2) is 6.31. The van der Waals surface area contributed by atoms with E-state index in [9.17, 15) is 0 Å². The molecule has 2 N–H and O–H groups in total. The van der Waals surface area contributed by atoms with Crippen molar-refractivity contribution in [1.82, 2.24) is 20.3 Å². The van der Waals surface area contributed by atoms with Crippen molar-refractivity contribution >= 4 is 39.6 Å². The van der Waals surface area contributed by atoms with E-state index in [-0.39, 0.29) is 0 Å². The number of aromatic amines is 1. The number of allylic oxidation sites excluding steroid dienone is 1. The van der Waals surface area contributed by atoms with Crippen LogP contribution < -0.4 is 5.32 Å². The molecule has 0 fully saturated rings. The van der Waals surface area contributed by atoms with Gasteiger partial charge in [0.05, 0.1) is 11.2 Å². The molecule has 2 aromatic carbocycles. The van der Waals surface area contributed by atoms with Gasteiger partial charge in [-0.3, -0.25) is 10.1 Å². The standard InChI is InChI=1S/C23H17N5O/c1-3-15-7-6-14(11-16(15)4-1)12-20-18-9-8-17(13-21(18)29-28-20)25-23-22-19(26-27-23)5-2-10-24-22/h1-2,4-11,13H,3,12H2,(H2,25,26,27). The Hall–Kier alpha value is -3.93. The smallest absolute Gasteiger partial charge is 0.178 e. The minimum Gasteiger partial charge on any atom is -0.356 e. The Bertz CT molecular complexity index is 1400. The second-order valence-corrected chi connectivity index (χ2v) is 7.25. The van der Waals surface area contributed by atoms with Crippen LogP contribution in [0.15, 0.2) is 65.3 Å². The largest absolute Gasteiger partial charge is 0.356 e. The summed E-state index contributed by atoms with van der Waals surface area (Å²) in [7, 11) is 0. The molecule has 3 aromatic heterocycles. The molecule has 0 spiro atoms. The van der Waals surface area contributed by atoms with E-state index in [2.05, 4.69) is 56.0 Å². The van der Waals surface area contributed by atoms with Crippen LogP contribution in [0.2, 0.25) is 0 Å². The summed E-state index contributed by atoms with van der Waals surface area (Å²) in [6.45, 7) is 0. The number of benzene rings is 2. The number of hydrogen-bond acceptors (Lipinski definition) is 5. The number of H-pyrrole nitrogens is 1. The predicted octanol–water partition coefficient (Wildman–Crippen LogP) is 5.00. The molecule has 1 aliphatic carbocycles. The van der Waals surface area contributed by atoms with Crippen molar-refractivity contribution in [2.24, 2.45) is 0 Å². The first-order valence-corrected chi connectivity index (χ1v) is 9.56. The number of aromatic nitrogens is 4. The number of fused-ring (bicyclic) bond motifs is 3. The van der Waals surface area contributed by atoms with Crippen LogP contribution in [0.4, 0.5) is 11.5 Å². The van der Waals surface area contributed by atoms with Crippen LogP contribution in [0.25, 0.3) is 28.1 Å². The fourth-order valence-corrected chi connectivity index (χ4v) is 3.87. The Balaban J connectivity index is 1.29. The van der Waals surface area contributed by atoms with Gasteiger partial charge >= 0.3 is 0 Å². The maximum Gasteiger partial charge on any atom is 0.178 e. The molecule has 0 unspecified atom stereocenters. The molecule has 140 valence electrons. The number of nitrogens with one attached hydrogen (secondary N) is 2. The number of anilines is 2. The van der Waals surface area contributed by atoms with E-state index < -0.39 is 0 Å². The zero-order chi connectivity index (χ0) is 19.2. The van der Waals surface area contributed by atoms with E-state index in [1.54, 1.807) is 6.20 Å². The summed E-state index contributed by atoms with van der Waals surface area (Å²) in [5.74, 6) is 0.686. The summed E-state index contributed by atoms with van der Waals surface area (Å²) in [5, 5.41) is 15.9. The van der Waals surface area contributed by atoms with E-state index in [1.807, 2.05) is 30.3 Å². The third kappa shape index (κ3) is 2.77. The molecule has 3 heterocycles. The molecule has 29 heavy (non-hydrogen) atoms. The Labute approximate surface area is 166 Å². The molecular formula is C23H17N5O. The normalized spacial score (nSPS) is 12.7. The molecular weight excluding hydrogens is 362 g/mol. The third-order valence-corrected chi connectivity index (χ3v) is 5.35. The van der Waals surface area contributed by atoms with Gasteiger partial charge in [0, 0.05) is 29.8 Å². The topological polar surface area (TPSA) is 79.6 Å². The van der Waals surface area contributed by atoms with Crippen LogP contribution in [-0.4, -0.2) is 20.3 Å². The predicted molar refractivity (Wildman–Crippen MR) is 113 cm³/mol. The molecule has 0 saturated heterocycles. The fraction of sp³-hybridized carbons (Fsp3) is 0.0870. The Morgan fingerprint density at radius 2 is 2.10 bits per heavy atom. The average molecular weight is 379 g/mol. The first kappa shape index (κ1) is 16.1. The minimum absolute atomic E-state index is 0.686. The summed E-state index contributed by atoms with van der Waals surface area (Å²) >= 11 is 0. The van der Waals surface area contributed by atoms with E-state index >= 15 is 0 Å². The quantitative estimate of drug-likeness (QED) is 0.459. The van der Waals surface area contributed by atoms with Gasteiger partial charge in [0.15, 0.2) is 11.4 Å². The van der Waals surface area contributed by atoms with Gasteiger partial charge in [0.1, 0.15) is 5.52 Å². The van der Waals surface area contributed by atoms with Gasteiger partial charge in [0.25, 0.3) is 0 Å². The lowest BCUT2D eigenvalue weighted by atomic mass is 10.0. The number of nitrogens with zero attached hydrogens (tertiary/aromatic N) is 3. The highest BCUT2D eigenvalue weighted by Gasteiger charge is 2.13. The molecule has 0 radical (unpaired) electrons. The van der Waals surface area contributed by atoms with E-state index in [1.165, 1.54) is 16.7 Å². The van der Waals surface area contributed by atoms with Gasteiger partial charge in [-0.25, -0.2) is 0 Å². The van der Waals surface area contributed by atoms with E-state index in [4.69, 9.17) is 4.52 Å². The van der Waals surface area contributed by atoms with Crippen molar-refractivity contribution in [3.8, 4) is 0 Å². The van der Waals surface area contributed by atoms with Gasteiger partial charge < -0.3 is 9.84 Å². The molecule has 5 aromatic rings. The molecule has 6 nitrogen and oxygen atoms in total. The van der Waals surface area contributed by atoms with Crippen LogP contribution in [0.1, 0.15) is 22.4 Å². The highest BCUT2D eigenvalue weighted by Crippen LogP contribution is 2.28. The highest BCUT2D eigenvalue weighted by atomic mass is 16.5. The third-order valence-electron chi connectivity index (χ3n) is 5.35. The lowest BCUT2D eigenvalue weighted by molar-refractivity contribution is 0.448. The van der Waals surface area contributed by atoms with Crippen molar-refractivity contribution in [2.45, 2.75) is 12.8 Å². The van der Waals surface area contributed by atoms with Crippen molar-refractivity contribution in [2.75, 3.05) is 5.32 Å². The van der Waals surface area contributed by atoms with Crippen LogP contribution in [-0.2, 0) is 12.8 Å². The number of pyridine rings is 1. The first-order chi connectivity index (χ1) is 14.3. The summed E-state index contributed by atoms with van der Waals surface area (Å²) in [6, 6.07) is 16.4. The lowest BCUT2D eigenvalue weighted by Crippen LogP contribution is -1.93. The molecule has 0 amide bonds. The van der Waals surface area contributed by atoms with Crippen LogP contribution in [0, 0.1) is 0 Å². The molecule has 6 rings (SSSR count). The Kier molecular flexibility index (Phi) is 3.49. The van der Waals surface area contributed by atoms with Gasteiger partial charge in [-0.1, -0.05) is 35.5 Å². The second-order valence-electron chi connectivity index (χ2n) is 7.25. The summed E-state index contributed by atoms with van der Waals surface area (Å²) < 4.78 is 5.61. The van der Waals surface area contributed by atoms with Crippen molar-refractivity contribution < 1.29 is 4.52 Å². The fourth-order valence-electron chi connectivity index (χ4n) is 3.87. The van der Waals surface area contributed by atoms with Gasteiger partial charge in [-0.05, 0) is 47.4 Å². The maximum atomic E-state index is 5.61. The van der Waals surface area contributed by atoms with Crippen molar-refractivity contribution in [1.29, 1.82) is 0 Å². The number of hydrogen-bond donors (Lipinski definition) is 2. The highest BCUT2D eigenvalue weighted by molar-refractivity contribution is 5.89. The van der Waals surface area contributed by atoms with Crippen LogP contribution >= 0.6 is 0 Å².